The first-order valence-corrected chi connectivity index (χ1v) is 4.16. The van der Waals surface area contributed by atoms with Crippen molar-refractivity contribution in [3.8, 4) is 0 Å². The summed E-state index contributed by atoms with van der Waals surface area (Å²) < 4.78 is 34.8. The Bertz CT molecular complexity index is 305. The van der Waals surface area contributed by atoms with Gasteiger partial charge in [-0.15, -0.1) is 0 Å². The number of aliphatic imine (C=N–C) groups is 1. The van der Waals surface area contributed by atoms with Gasteiger partial charge < -0.3 is 0 Å². The number of alkyl halides is 3. The molecule has 0 fully saturated rings. The number of hydrogen-bond donors (Lipinski definition) is 0. The summed E-state index contributed by atoms with van der Waals surface area (Å²) in [5.41, 5.74) is 0.270. The van der Waals surface area contributed by atoms with E-state index in [1.807, 2.05) is 0 Å². The van der Waals surface area contributed by atoms with Gasteiger partial charge in [0.05, 0.1) is 5.69 Å². The van der Waals surface area contributed by atoms with Crippen LogP contribution in [0.1, 0.15) is 0 Å². The van der Waals surface area contributed by atoms with E-state index in [2.05, 4.69) is 20.9 Å². The quantitative estimate of drug-likeness (QED) is 0.676. The van der Waals surface area contributed by atoms with E-state index in [-0.39, 0.29) is 5.69 Å². The van der Waals surface area contributed by atoms with Crippen LogP contribution in [0, 0.1) is 0 Å². The molecule has 0 atom stereocenters. The zero-order valence-corrected chi connectivity index (χ0v) is 7.93. The maximum absolute atomic E-state index is 12.0. The fourth-order valence-electron chi connectivity index (χ4n) is 0.679. The molecule has 0 aliphatic carbocycles. The molecular weight excluding hydrogens is 247 g/mol. The molecule has 0 aliphatic rings. The van der Waals surface area contributed by atoms with E-state index in [4.69, 9.17) is 0 Å². The first-order chi connectivity index (χ1) is 6.00. The molecule has 5 heteroatoms. The van der Waals surface area contributed by atoms with Crippen LogP contribution < -0.4 is 0 Å². The molecule has 0 saturated heterocycles. The molecule has 0 amide bonds. The third-order valence-electron chi connectivity index (χ3n) is 1.22. The van der Waals surface area contributed by atoms with Gasteiger partial charge in [0, 0.05) is 0 Å². The summed E-state index contributed by atoms with van der Waals surface area (Å²) in [4.78, 5) is 3.34. The van der Waals surface area contributed by atoms with Crippen LogP contribution in [0.15, 0.2) is 35.3 Å². The van der Waals surface area contributed by atoms with Crippen LogP contribution >= 0.6 is 15.9 Å². The topological polar surface area (TPSA) is 12.4 Å². The third kappa shape index (κ3) is 3.18. The lowest BCUT2D eigenvalue weighted by atomic mass is 10.3. The lowest BCUT2D eigenvalue weighted by Crippen LogP contribution is -2.16. The SMILES string of the molecule is FC(F)(F)C(Br)=Nc1ccccc1. The van der Waals surface area contributed by atoms with Crippen LogP contribution in [0.25, 0.3) is 0 Å². The predicted octanol–water partition coefficient (Wildman–Crippen LogP) is 3.67. The van der Waals surface area contributed by atoms with Crippen LogP contribution in [0.2, 0.25) is 0 Å². The van der Waals surface area contributed by atoms with Gasteiger partial charge in [-0.05, 0) is 28.1 Å². The molecule has 1 rings (SSSR count). The molecule has 0 aromatic heterocycles. The molecule has 1 aromatic carbocycles. The molecule has 0 N–H and O–H groups in total. The molecule has 0 unspecified atom stereocenters. The molecule has 13 heavy (non-hydrogen) atoms. The lowest BCUT2D eigenvalue weighted by molar-refractivity contribution is -0.0550. The fourth-order valence-corrected chi connectivity index (χ4v) is 0.884. The largest absolute Gasteiger partial charge is 0.440 e. The Hall–Kier alpha value is -0.840. The summed E-state index contributed by atoms with van der Waals surface area (Å²) in [5.74, 6) is 0. The molecule has 0 bridgehead atoms. The van der Waals surface area contributed by atoms with E-state index >= 15 is 0 Å². The summed E-state index contributed by atoms with van der Waals surface area (Å²) in [6, 6.07) is 7.94. The van der Waals surface area contributed by atoms with Crippen molar-refractivity contribution in [2.75, 3.05) is 0 Å². The first kappa shape index (κ1) is 10.2. The van der Waals surface area contributed by atoms with Crippen molar-refractivity contribution >= 4 is 26.2 Å². The van der Waals surface area contributed by atoms with Crippen molar-refractivity contribution in [1.82, 2.24) is 0 Å². The van der Waals surface area contributed by atoms with E-state index < -0.39 is 10.8 Å². The van der Waals surface area contributed by atoms with Gasteiger partial charge in [0.15, 0.2) is 4.62 Å². The standard InChI is InChI=1S/C8H5BrF3N/c9-7(8(10,11)12)13-6-4-2-1-3-5-6/h1-5H. The van der Waals surface area contributed by atoms with Crippen molar-refractivity contribution in [2.24, 2.45) is 4.99 Å². The Morgan fingerprint density at radius 2 is 1.69 bits per heavy atom. The van der Waals surface area contributed by atoms with E-state index in [0.717, 1.165) is 0 Å². The Morgan fingerprint density at radius 3 is 2.15 bits per heavy atom. The Kier molecular flexibility index (Phi) is 3.08. The van der Waals surface area contributed by atoms with Crippen LogP contribution in [0.3, 0.4) is 0 Å². The number of nitrogens with zero attached hydrogens (tertiary/aromatic N) is 1. The molecule has 1 nitrogen and oxygen atoms in total. The molecule has 70 valence electrons. The average Bonchev–Trinajstić information content (AvgIpc) is 2.04. The highest BCUT2D eigenvalue weighted by Gasteiger charge is 2.33. The molecule has 0 saturated carbocycles. The highest BCUT2D eigenvalue weighted by molar-refractivity contribution is 9.18. The summed E-state index contributed by atoms with van der Waals surface area (Å²) in [7, 11) is 0. The fraction of sp³-hybridized carbons (Fsp3) is 0.125. The van der Waals surface area contributed by atoms with E-state index in [9.17, 15) is 13.2 Å². The van der Waals surface area contributed by atoms with E-state index in [1.54, 1.807) is 18.2 Å². The monoisotopic (exact) mass is 251 g/mol. The Balaban J connectivity index is 2.90. The number of benzene rings is 1. The minimum atomic E-state index is -4.42. The van der Waals surface area contributed by atoms with Gasteiger partial charge in [0.25, 0.3) is 0 Å². The van der Waals surface area contributed by atoms with E-state index in [1.165, 1.54) is 12.1 Å². The van der Waals surface area contributed by atoms with Crippen molar-refractivity contribution in [2.45, 2.75) is 6.18 Å². The number of halogens is 4. The van der Waals surface area contributed by atoms with Crippen LogP contribution in [0.4, 0.5) is 18.9 Å². The predicted molar refractivity (Wildman–Crippen MR) is 48.5 cm³/mol. The summed E-state index contributed by atoms with van der Waals surface area (Å²) >= 11 is 2.36. The van der Waals surface area contributed by atoms with Gasteiger partial charge in [-0.25, -0.2) is 4.99 Å². The van der Waals surface area contributed by atoms with Crippen molar-refractivity contribution in [3.63, 3.8) is 0 Å². The second kappa shape index (κ2) is 3.91. The lowest BCUT2D eigenvalue weighted by Gasteiger charge is -2.02. The third-order valence-corrected chi connectivity index (χ3v) is 1.84. The first-order valence-electron chi connectivity index (χ1n) is 3.36. The van der Waals surface area contributed by atoms with Crippen molar-refractivity contribution in [3.05, 3.63) is 30.3 Å². The smallest absolute Gasteiger partial charge is 0.237 e. The second-order valence-electron chi connectivity index (χ2n) is 2.24. The maximum Gasteiger partial charge on any atom is 0.440 e. The molecular formula is C8H5BrF3N. The molecule has 1 aromatic rings. The van der Waals surface area contributed by atoms with Gasteiger partial charge in [0.1, 0.15) is 0 Å². The Morgan fingerprint density at radius 1 is 1.15 bits per heavy atom. The zero-order chi connectivity index (χ0) is 9.90. The van der Waals surface area contributed by atoms with Crippen molar-refractivity contribution < 1.29 is 13.2 Å². The van der Waals surface area contributed by atoms with Crippen LogP contribution in [-0.2, 0) is 0 Å². The summed E-state index contributed by atoms with van der Waals surface area (Å²) in [5, 5.41) is 0. The van der Waals surface area contributed by atoms with Crippen LogP contribution in [0.5, 0.6) is 0 Å². The highest BCUT2D eigenvalue weighted by Crippen LogP contribution is 2.24. The average molecular weight is 252 g/mol. The summed E-state index contributed by atoms with van der Waals surface area (Å²) in [6.45, 7) is 0. The van der Waals surface area contributed by atoms with Gasteiger partial charge in [-0.3, -0.25) is 0 Å². The summed E-state index contributed by atoms with van der Waals surface area (Å²) in [6.07, 6.45) is -4.42. The second-order valence-corrected chi connectivity index (χ2v) is 2.99. The van der Waals surface area contributed by atoms with Gasteiger partial charge in [0.2, 0.25) is 0 Å². The molecule has 0 spiro atoms. The molecule has 0 heterocycles. The molecule has 0 radical (unpaired) electrons. The maximum atomic E-state index is 12.0. The van der Waals surface area contributed by atoms with Gasteiger partial charge >= 0.3 is 6.18 Å². The zero-order valence-electron chi connectivity index (χ0n) is 6.35. The van der Waals surface area contributed by atoms with Crippen LogP contribution in [-0.4, -0.2) is 10.8 Å². The molecule has 0 aliphatic heterocycles. The van der Waals surface area contributed by atoms with Crippen molar-refractivity contribution in [1.29, 1.82) is 0 Å². The van der Waals surface area contributed by atoms with Gasteiger partial charge in [-0.2, -0.15) is 13.2 Å². The van der Waals surface area contributed by atoms with E-state index in [0.29, 0.717) is 0 Å². The number of para-hydroxylation sites is 1. The normalized spacial score (nSPS) is 13.1. The minimum absolute atomic E-state index is 0.270. The van der Waals surface area contributed by atoms with Gasteiger partial charge in [-0.1, -0.05) is 18.2 Å². The highest BCUT2D eigenvalue weighted by atomic mass is 79.9. The Labute approximate surface area is 81.4 Å². The number of hydrogen-bond acceptors (Lipinski definition) is 1. The number of rotatable bonds is 1. The minimum Gasteiger partial charge on any atom is -0.237 e.